The zero-order valence-corrected chi connectivity index (χ0v) is 12.2. The van der Waals surface area contributed by atoms with Gasteiger partial charge in [-0.25, -0.2) is 0 Å². The predicted octanol–water partition coefficient (Wildman–Crippen LogP) is 1.95. The monoisotopic (exact) mass is 310 g/mol. The summed E-state index contributed by atoms with van der Waals surface area (Å²) in [5, 5.41) is 13.9. The molecule has 1 heterocycles. The minimum absolute atomic E-state index is 0.172. The van der Waals surface area contributed by atoms with Crippen molar-refractivity contribution in [1.29, 1.82) is 0 Å². The van der Waals surface area contributed by atoms with E-state index in [9.17, 15) is 14.7 Å². The summed E-state index contributed by atoms with van der Waals surface area (Å²) in [5.74, 6) is 0.466. The maximum atomic E-state index is 11.3. The summed E-state index contributed by atoms with van der Waals surface area (Å²) in [7, 11) is 0. The van der Waals surface area contributed by atoms with E-state index in [1.54, 1.807) is 41.2 Å². The Morgan fingerprint density at radius 2 is 1.96 bits per heavy atom. The van der Waals surface area contributed by atoms with Gasteiger partial charge in [0.15, 0.2) is 5.43 Å². The molecule has 0 bridgehead atoms. The second-order valence-corrected chi connectivity index (χ2v) is 5.00. The maximum absolute atomic E-state index is 11.3. The molecule has 0 amide bonds. The topological polar surface area (TPSA) is 81.4 Å². The Labute approximate surface area is 131 Å². The van der Waals surface area contributed by atoms with Crippen molar-refractivity contribution in [3.8, 4) is 22.8 Å². The van der Waals surface area contributed by atoms with Gasteiger partial charge in [0.25, 0.3) is 0 Å². The number of fused-ring (bicyclic) bond motifs is 1. The Morgan fingerprint density at radius 1 is 1.17 bits per heavy atom. The highest BCUT2D eigenvalue weighted by atomic mass is 16.5. The zero-order chi connectivity index (χ0) is 16.2. The third kappa shape index (κ3) is 3.37. The van der Waals surface area contributed by atoms with Crippen LogP contribution in [0.2, 0.25) is 0 Å². The second-order valence-electron chi connectivity index (χ2n) is 5.00. The molecule has 2 aliphatic rings. The lowest BCUT2D eigenvalue weighted by atomic mass is 10.1. The Kier molecular flexibility index (Phi) is 4.05. The third-order valence-corrected chi connectivity index (χ3v) is 3.38. The summed E-state index contributed by atoms with van der Waals surface area (Å²) in [4.78, 5) is 21.9. The molecule has 0 radical (unpaired) electrons. The maximum Gasteiger partial charge on any atom is 0.236 e. The Hall–Kier alpha value is -3.15. The van der Waals surface area contributed by atoms with Crippen molar-refractivity contribution in [2.24, 2.45) is 0 Å². The molecule has 0 unspecified atom stereocenters. The van der Waals surface area contributed by atoms with Crippen LogP contribution in [0.25, 0.3) is 11.1 Å². The van der Waals surface area contributed by atoms with E-state index in [0.717, 1.165) is 11.8 Å². The molecule has 116 valence electrons. The van der Waals surface area contributed by atoms with Gasteiger partial charge in [0.1, 0.15) is 18.6 Å². The highest BCUT2D eigenvalue weighted by molar-refractivity contribution is 5.74. The largest absolute Gasteiger partial charge is 0.492 e. The summed E-state index contributed by atoms with van der Waals surface area (Å²) < 4.78 is 7.13. The van der Waals surface area contributed by atoms with Crippen LogP contribution in [0.1, 0.15) is 10.4 Å². The highest BCUT2D eigenvalue weighted by Gasteiger charge is 2.10. The van der Waals surface area contributed by atoms with Crippen molar-refractivity contribution in [2.75, 3.05) is 6.61 Å². The highest BCUT2D eigenvalue weighted by Crippen LogP contribution is 2.26. The van der Waals surface area contributed by atoms with E-state index in [1.807, 2.05) is 0 Å². The SMILES string of the molecule is O=Cc1ccc(OCCn2cc3ccc(=O)cc-3c(O)n2)cc1. The van der Waals surface area contributed by atoms with E-state index in [1.165, 1.54) is 12.1 Å². The van der Waals surface area contributed by atoms with Crippen LogP contribution in [0, 0.1) is 0 Å². The number of nitrogens with zero attached hydrogens (tertiary/aromatic N) is 2. The number of aldehydes is 1. The summed E-state index contributed by atoms with van der Waals surface area (Å²) in [6.07, 6.45) is 2.52. The fourth-order valence-corrected chi connectivity index (χ4v) is 2.22. The lowest BCUT2D eigenvalue weighted by Crippen LogP contribution is -2.12. The molecule has 6 heteroatoms. The predicted molar refractivity (Wildman–Crippen MR) is 84.1 cm³/mol. The fraction of sp³-hybridized carbons (Fsp3) is 0.118. The van der Waals surface area contributed by atoms with Gasteiger partial charge >= 0.3 is 0 Å². The fourth-order valence-electron chi connectivity index (χ4n) is 2.22. The van der Waals surface area contributed by atoms with Gasteiger partial charge in [0.05, 0.1) is 12.1 Å². The minimum Gasteiger partial charge on any atom is -0.492 e. The quantitative estimate of drug-likeness (QED) is 0.728. The number of hydrogen-bond donors (Lipinski definition) is 1. The first-order chi connectivity index (χ1) is 11.2. The standard InChI is InChI=1S/C17H14N2O4/c20-11-12-1-5-15(6-2-12)23-8-7-19-10-13-3-4-14(21)9-16(13)17(22)18-19/h1-6,9-11H,7-8H2,(H,18,22). The van der Waals surface area contributed by atoms with E-state index in [2.05, 4.69) is 5.10 Å². The van der Waals surface area contributed by atoms with Crippen LogP contribution in [-0.2, 0) is 6.54 Å². The number of benzene rings is 2. The Morgan fingerprint density at radius 3 is 2.70 bits per heavy atom. The Balaban J connectivity index is 1.69. The molecule has 1 aromatic rings. The van der Waals surface area contributed by atoms with Gasteiger partial charge in [-0.2, -0.15) is 0 Å². The Bertz CT molecular complexity index is 855. The van der Waals surface area contributed by atoms with Crippen molar-refractivity contribution < 1.29 is 14.6 Å². The molecule has 6 nitrogen and oxygen atoms in total. The van der Waals surface area contributed by atoms with E-state index in [0.29, 0.717) is 30.0 Å². The van der Waals surface area contributed by atoms with Crippen LogP contribution in [0.15, 0.2) is 53.5 Å². The lowest BCUT2D eigenvalue weighted by molar-refractivity contribution is 0.112. The molecule has 0 atom stereocenters. The number of hydrogen-bond acceptors (Lipinski definition) is 5. The molecule has 0 spiro atoms. The van der Waals surface area contributed by atoms with Crippen molar-refractivity contribution >= 4 is 6.29 Å². The smallest absolute Gasteiger partial charge is 0.236 e. The van der Waals surface area contributed by atoms with Gasteiger partial charge in [-0.1, -0.05) is 0 Å². The van der Waals surface area contributed by atoms with Crippen LogP contribution in [0.5, 0.6) is 11.6 Å². The first kappa shape index (κ1) is 14.8. The van der Waals surface area contributed by atoms with Crippen molar-refractivity contribution in [2.45, 2.75) is 6.54 Å². The molecule has 0 aromatic heterocycles. The molecule has 1 aliphatic carbocycles. The first-order valence-electron chi connectivity index (χ1n) is 7.04. The molecule has 0 fully saturated rings. The molecule has 23 heavy (non-hydrogen) atoms. The number of ether oxygens (including phenoxy) is 1. The molecule has 0 saturated carbocycles. The summed E-state index contributed by atoms with van der Waals surface area (Å²) in [5.41, 5.74) is 1.58. The normalized spacial score (nSPS) is 10.6. The number of rotatable bonds is 5. The number of carbonyl (C=O) groups excluding carboxylic acids is 1. The van der Waals surface area contributed by atoms with Crippen molar-refractivity contribution in [3.05, 3.63) is 64.4 Å². The summed E-state index contributed by atoms with van der Waals surface area (Å²) in [6, 6.07) is 11.2. The molecular formula is C17H14N2O4. The van der Waals surface area contributed by atoms with Crippen LogP contribution in [0.3, 0.4) is 0 Å². The van der Waals surface area contributed by atoms with Crippen LogP contribution < -0.4 is 10.2 Å². The van der Waals surface area contributed by atoms with Crippen LogP contribution in [-0.4, -0.2) is 27.8 Å². The minimum atomic E-state index is -0.185. The lowest BCUT2D eigenvalue weighted by Gasteiger charge is -2.12. The molecule has 1 N–H and O–H groups in total. The summed E-state index contributed by atoms with van der Waals surface area (Å²) in [6.45, 7) is 0.779. The van der Waals surface area contributed by atoms with Gasteiger partial charge in [-0.3, -0.25) is 14.3 Å². The first-order valence-corrected chi connectivity index (χ1v) is 7.04. The molecule has 1 aliphatic heterocycles. The third-order valence-electron chi connectivity index (χ3n) is 3.38. The van der Waals surface area contributed by atoms with Gasteiger partial charge in [-0.05, 0) is 42.5 Å². The molecule has 0 saturated heterocycles. The second kappa shape index (κ2) is 6.31. The number of carbonyl (C=O) groups is 1. The zero-order valence-electron chi connectivity index (χ0n) is 12.2. The van der Waals surface area contributed by atoms with E-state index < -0.39 is 0 Å². The number of aromatic nitrogens is 2. The van der Waals surface area contributed by atoms with Gasteiger partial charge < -0.3 is 9.84 Å². The van der Waals surface area contributed by atoms with E-state index in [4.69, 9.17) is 4.74 Å². The van der Waals surface area contributed by atoms with Crippen molar-refractivity contribution in [1.82, 2.24) is 9.78 Å². The average molecular weight is 310 g/mol. The average Bonchev–Trinajstić information content (AvgIpc) is 2.56. The van der Waals surface area contributed by atoms with Crippen molar-refractivity contribution in [3.63, 3.8) is 0 Å². The van der Waals surface area contributed by atoms with Crippen LogP contribution >= 0.6 is 0 Å². The molecular weight excluding hydrogens is 296 g/mol. The van der Waals surface area contributed by atoms with Gasteiger partial charge in [-0.15, -0.1) is 5.10 Å². The van der Waals surface area contributed by atoms with E-state index >= 15 is 0 Å². The number of aromatic hydroxyl groups is 1. The molecule has 3 rings (SSSR count). The van der Waals surface area contributed by atoms with Crippen LogP contribution in [0.4, 0.5) is 0 Å². The molecule has 1 aromatic carbocycles. The summed E-state index contributed by atoms with van der Waals surface area (Å²) >= 11 is 0. The van der Waals surface area contributed by atoms with Gasteiger partial charge in [0.2, 0.25) is 5.88 Å². The van der Waals surface area contributed by atoms with Gasteiger partial charge in [0, 0.05) is 17.3 Å². The van der Waals surface area contributed by atoms with E-state index in [-0.39, 0.29) is 11.3 Å².